The summed E-state index contributed by atoms with van der Waals surface area (Å²) >= 11 is 0. The van der Waals surface area contributed by atoms with Crippen LogP contribution in [0, 0.1) is 17.2 Å². The Morgan fingerprint density at radius 2 is 2.08 bits per heavy atom. The van der Waals surface area contributed by atoms with Crippen molar-refractivity contribution >= 4 is 28.8 Å². The second kappa shape index (κ2) is 11.3. The molecule has 39 heavy (non-hydrogen) atoms. The summed E-state index contributed by atoms with van der Waals surface area (Å²) in [7, 11) is 0. The summed E-state index contributed by atoms with van der Waals surface area (Å²) in [5.41, 5.74) is 5.66. The van der Waals surface area contributed by atoms with E-state index in [-0.39, 0.29) is 24.5 Å². The minimum atomic E-state index is -0.0408. The number of piperazine rings is 1. The van der Waals surface area contributed by atoms with Crippen molar-refractivity contribution in [3.05, 3.63) is 66.1 Å². The maximum absolute atomic E-state index is 12.9. The molecule has 2 aromatic heterocycles. The second-order valence-electron chi connectivity index (χ2n) is 10.6. The molecule has 1 aliphatic heterocycles. The molecule has 0 spiro atoms. The lowest BCUT2D eigenvalue weighted by molar-refractivity contribution is -0.129. The van der Waals surface area contributed by atoms with Gasteiger partial charge in [-0.15, -0.1) is 0 Å². The smallest absolute Gasteiger partial charge is 0.246 e. The van der Waals surface area contributed by atoms with Crippen LogP contribution in [0.15, 0.2) is 49.2 Å². The van der Waals surface area contributed by atoms with Crippen molar-refractivity contribution in [3.63, 3.8) is 0 Å². The molecule has 8 heteroatoms. The number of rotatable bonds is 8. The van der Waals surface area contributed by atoms with Gasteiger partial charge in [-0.2, -0.15) is 5.26 Å². The van der Waals surface area contributed by atoms with Crippen molar-refractivity contribution in [1.29, 1.82) is 5.26 Å². The van der Waals surface area contributed by atoms with E-state index in [0.29, 0.717) is 43.4 Å². The monoisotopic (exact) mass is 522 g/mol. The lowest BCUT2D eigenvalue weighted by Crippen LogP contribution is -2.57. The Labute approximate surface area is 229 Å². The van der Waals surface area contributed by atoms with E-state index in [0.717, 1.165) is 46.4 Å². The molecular weight excluding hydrogens is 488 g/mol. The minimum absolute atomic E-state index is 0.0187. The van der Waals surface area contributed by atoms with Gasteiger partial charge in [0.05, 0.1) is 40.2 Å². The van der Waals surface area contributed by atoms with E-state index < -0.39 is 0 Å². The Hall–Kier alpha value is -4.09. The van der Waals surface area contributed by atoms with Crippen LogP contribution < -0.4 is 4.90 Å². The van der Waals surface area contributed by atoms with E-state index in [9.17, 15) is 10.1 Å². The standard InChI is InChI=1S/C31H34N6O2/c1-4-23-18-33-30-24(8-7-9-26(30)34-23)25-16-22(17-32)31(35-29(25)21-11-12-21)36-13-14-37(27(19-36)20(2)3)28(39)10-5-6-15-38/h4-5,7-10,16,18,20-21,27,38H,1,6,11-15,19H2,2-3H3/b10-5+/t27-/m0/s1. The molecule has 2 fully saturated rings. The molecule has 3 aromatic rings. The van der Waals surface area contributed by atoms with Gasteiger partial charge in [-0.25, -0.2) is 9.97 Å². The Morgan fingerprint density at radius 3 is 2.77 bits per heavy atom. The van der Waals surface area contributed by atoms with Gasteiger partial charge >= 0.3 is 0 Å². The lowest BCUT2D eigenvalue weighted by Gasteiger charge is -2.43. The minimum Gasteiger partial charge on any atom is -0.396 e. The molecule has 0 unspecified atom stereocenters. The van der Waals surface area contributed by atoms with Gasteiger partial charge in [0.15, 0.2) is 0 Å². The van der Waals surface area contributed by atoms with Crippen molar-refractivity contribution in [1.82, 2.24) is 19.9 Å². The van der Waals surface area contributed by atoms with Crippen molar-refractivity contribution in [2.45, 2.75) is 45.1 Å². The molecule has 1 aliphatic carbocycles. The molecule has 1 N–H and O–H groups in total. The quantitative estimate of drug-likeness (QED) is 0.428. The maximum atomic E-state index is 12.9. The third-order valence-electron chi connectivity index (χ3n) is 7.53. The number of para-hydroxylation sites is 1. The van der Waals surface area contributed by atoms with E-state index in [4.69, 9.17) is 10.1 Å². The van der Waals surface area contributed by atoms with Crippen LogP contribution in [-0.2, 0) is 4.79 Å². The highest BCUT2D eigenvalue weighted by Crippen LogP contribution is 2.46. The fraction of sp³-hybridized carbons (Fsp3) is 0.387. The molecule has 1 amide bonds. The predicted molar refractivity (Wildman–Crippen MR) is 153 cm³/mol. The first-order valence-electron chi connectivity index (χ1n) is 13.6. The number of nitrogens with zero attached hydrogens (tertiary/aromatic N) is 6. The topological polar surface area (TPSA) is 106 Å². The molecule has 0 radical (unpaired) electrons. The van der Waals surface area contributed by atoms with Crippen LogP contribution in [0.4, 0.5) is 5.82 Å². The van der Waals surface area contributed by atoms with Crippen molar-refractivity contribution in [2.75, 3.05) is 31.1 Å². The molecule has 8 nitrogen and oxygen atoms in total. The highest BCUT2D eigenvalue weighted by atomic mass is 16.2. The first-order valence-corrected chi connectivity index (χ1v) is 13.6. The van der Waals surface area contributed by atoms with Gasteiger partial charge in [0.2, 0.25) is 5.91 Å². The van der Waals surface area contributed by atoms with Crippen LogP contribution in [0.25, 0.3) is 28.2 Å². The van der Waals surface area contributed by atoms with Crippen LogP contribution in [0.2, 0.25) is 0 Å². The average molecular weight is 523 g/mol. The Morgan fingerprint density at radius 1 is 1.26 bits per heavy atom. The number of pyridine rings is 1. The number of hydrogen-bond acceptors (Lipinski definition) is 7. The third kappa shape index (κ3) is 5.41. The zero-order valence-electron chi connectivity index (χ0n) is 22.5. The number of benzene rings is 1. The molecule has 1 saturated heterocycles. The van der Waals surface area contributed by atoms with Gasteiger partial charge in [-0.05, 0) is 49.5 Å². The number of aliphatic hydroxyl groups excluding tert-OH is 1. The van der Waals surface area contributed by atoms with Crippen LogP contribution in [0.5, 0.6) is 0 Å². The summed E-state index contributed by atoms with van der Waals surface area (Å²) in [6.07, 6.45) is 9.28. The summed E-state index contributed by atoms with van der Waals surface area (Å²) in [4.78, 5) is 31.5. The Balaban J connectivity index is 1.52. The highest BCUT2D eigenvalue weighted by Gasteiger charge is 2.35. The number of aliphatic hydroxyl groups is 1. The largest absolute Gasteiger partial charge is 0.396 e. The molecule has 2 aliphatic rings. The first-order chi connectivity index (χ1) is 18.9. The van der Waals surface area contributed by atoms with Crippen molar-refractivity contribution < 1.29 is 9.90 Å². The van der Waals surface area contributed by atoms with Crippen molar-refractivity contribution in [3.8, 4) is 17.2 Å². The number of carbonyl (C=O) groups excluding carboxylic acids is 1. The number of aromatic nitrogens is 3. The van der Waals surface area contributed by atoms with Crippen LogP contribution in [0.1, 0.15) is 56.0 Å². The SMILES string of the molecule is C=Cc1cnc2c(-c3cc(C#N)c(N4CCN(C(=O)/C=C/CCO)[C@H](C(C)C)C4)nc3C3CC3)cccc2n1. The first kappa shape index (κ1) is 26.5. The van der Waals surface area contributed by atoms with Gasteiger partial charge < -0.3 is 14.9 Å². The summed E-state index contributed by atoms with van der Waals surface area (Å²) in [5.74, 6) is 1.23. The Bertz CT molecular complexity index is 1470. The summed E-state index contributed by atoms with van der Waals surface area (Å²) in [5, 5.41) is 19.3. The van der Waals surface area contributed by atoms with E-state index in [1.165, 1.54) is 0 Å². The number of carbonyl (C=O) groups is 1. The predicted octanol–water partition coefficient (Wildman–Crippen LogP) is 4.70. The van der Waals surface area contributed by atoms with Gasteiger partial charge in [-0.3, -0.25) is 9.78 Å². The maximum Gasteiger partial charge on any atom is 0.246 e. The van der Waals surface area contributed by atoms with Crippen LogP contribution in [-0.4, -0.2) is 63.1 Å². The molecular formula is C31H34N6O2. The van der Waals surface area contributed by atoms with Gasteiger partial charge in [0.1, 0.15) is 11.9 Å². The normalized spacial score (nSPS) is 17.7. The van der Waals surface area contributed by atoms with Gasteiger partial charge in [-0.1, -0.05) is 38.6 Å². The van der Waals surface area contributed by atoms with Gasteiger partial charge in [0, 0.05) is 43.3 Å². The third-order valence-corrected chi connectivity index (χ3v) is 7.53. The molecule has 1 aromatic carbocycles. The molecule has 3 heterocycles. The molecule has 0 bridgehead atoms. The highest BCUT2D eigenvalue weighted by molar-refractivity contribution is 5.93. The van der Waals surface area contributed by atoms with E-state index in [1.807, 2.05) is 29.2 Å². The average Bonchev–Trinajstić information content (AvgIpc) is 3.81. The molecule has 5 rings (SSSR count). The number of fused-ring (bicyclic) bond motifs is 1. The number of amides is 1. The zero-order chi connectivity index (χ0) is 27.5. The summed E-state index contributed by atoms with van der Waals surface area (Å²) in [6, 6.07) is 10.3. The fourth-order valence-corrected chi connectivity index (χ4v) is 5.30. The van der Waals surface area contributed by atoms with E-state index >= 15 is 0 Å². The molecule has 200 valence electrons. The molecule has 1 atom stereocenters. The fourth-order valence-electron chi connectivity index (χ4n) is 5.30. The van der Waals surface area contributed by atoms with E-state index in [1.54, 1.807) is 24.4 Å². The molecule has 1 saturated carbocycles. The second-order valence-corrected chi connectivity index (χ2v) is 10.6. The number of hydrogen-bond donors (Lipinski definition) is 1. The zero-order valence-corrected chi connectivity index (χ0v) is 22.5. The van der Waals surface area contributed by atoms with E-state index in [2.05, 4.69) is 41.4 Å². The number of anilines is 1. The van der Waals surface area contributed by atoms with Crippen LogP contribution in [0.3, 0.4) is 0 Å². The van der Waals surface area contributed by atoms with Crippen LogP contribution >= 0.6 is 0 Å². The van der Waals surface area contributed by atoms with Gasteiger partial charge in [0.25, 0.3) is 0 Å². The Kier molecular flexibility index (Phi) is 7.71. The summed E-state index contributed by atoms with van der Waals surface area (Å²) < 4.78 is 0. The van der Waals surface area contributed by atoms with Crippen molar-refractivity contribution in [2.24, 2.45) is 5.92 Å². The lowest BCUT2D eigenvalue weighted by atomic mass is 9.96. The number of nitriles is 1. The summed E-state index contributed by atoms with van der Waals surface area (Å²) in [6.45, 7) is 9.79.